The van der Waals surface area contributed by atoms with Gasteiger partial charge in [0.05, 0.1) is 13.5 Å². The average molecular weight is 199 g/mol. The minimum absolute atomic E-state index is 0.125. The van der Waals surface area contributed by atoms with Gasteiger partial charge in [-0.1, -0.05) is 6.92 Å². The Labute approximate surface area is 86.0 Å². The van der Waals surface area contributed by atoms with Gasteiger partial charge in [0.1, 0.15) is 0 Å². The number of nitrogens with two attached hydrogens (primary N) is 1. The van der Waals surface area contributed by atoms with E-state index in [-0.39, 0.29) is 16.9 Å². The maximum atomic E-state index is 11.3. The van der Waals surface area contributed by atoms with Crippen LogP contribution in [0.4, 0.5) is 0 Å². The van der Waals surface area contributed by atoms with Crippen LogP contribution in [0.5, 0.6) is 0 Å². The number of hydrogen-bond acceptors (Lipinski definition) is 3. The smallest absolute Gasteiger partial charge is 0.306 e. The van der Waals surface area contributed by atoms with Crippen LogP contribution in [0.25, 0.3) is 0 Å². The summed E-state index contributed by atoms with van der Waals surface area (Å²) < 4.78 is 4.72. The molecule has 0 aromatic heterocycles. The zero-order valence-electron chi connectivity index (χ0n) is 9.59. The highest BCUT2D eigenvalue weighted by Crippen LogP contribution is 2.52. The van der Waals surface area contributed by atoms with Gasteiger partial charge in [-0.25, -0.2) is 0 Å². The van der Waals surface area contributed by atoms with Crippen molar-refractivity contribution in [1.29, 1.82) is 0 Å². The number of esters is 1. The van der Waals surface area contributed by atoms with Crippen molar-refractivity contribution >= 4 is 5.97 Å². The Hall–Kier alpha value is -0.570. The first-order valence-electron chi connectivity index (χ1n) is 5.17. The predicted octanol–water partition coefficient (Wildman–Crippen LogP) is 1.70. The molecule has 1 atom stereocenters. The van der Waals surface area contributed by atoms with E-state index in [4.69, 9.17) is 10.5 Å². The molecule has 1 unspecified atom stereocenters. The summed E-state index contributed by atoms with van der Waals surface area (Å²) in [6, 6.07) is 0. The molecule has 14 heavy (non-hydrogen) atoms. The summed E-state index contributed by atoms with van der Waals surface area (Å²) in [6.45, 7) is 6.09. The first kappa shape index (κ1) is 11.5. The van der Waals surface area contributed by atoms with Crippen molar-refractivity contribution in [1.82, 2.24) is 0 Å². The molecule has 82 valence electrons. The van der Waals surface area contributed by atoms with Gasteiger partial charge < -0.3 is 10.5 Å². The molecule has 0 amide bonds. The van der Waals surface area contributed by atoms with E-state index in [2.05, 4.69) is 6.92 Å². The molecule has 0 spiro atoms. The van der Waals surface area contributed by atoms with Crippen LogP contribution in [0, 0.1) is 11.3 Å². The second kappa shape index (κ2) is 3.54. The fourth-order valence-electron chi connectivity index (χ4n) is 1.99. The van der Waals surface area contributed by atoms with E-state index in [0.717, 1.165) is 0 Å². The van der Waals surface area contributed by atoms with Gasteiger partial charge in [0, 0.05) is 5.54 Å². The fourth-order valence-corrected chi connectivity index (χ4v) is 1.99. The van der Waals surface area contributed by atoms with E-state index in [0.29, 0.717) is 12.3 Å². The van der Waals surface area contributed by atoms with Gasteiger partial charge in [0.25, 0.3) is 0 Å². The molecule has 0 radical (unpaired) electrons. The van der Waals surface area contributed by atoms with Crippen molar-refractivity contribution in [3.05, 3.63) is 0 Å². The maximum absolute atomic E-state index is 11.3. The van der Waals surface area contributed by atoms with Gasteiger partial charge in [-0.3, -0.25) is 4.79 Å². The summed E-state index contributed by atoms with van der Waals surface area (Å²) in [5.41, 5.74) is 5.69. The van der Waals surface area contributed by atoms with Crippen molar-refractivity contribution in [3.63, 3.8) is 0 Å². The van der Waals surface area contributed by atoms with Gasteiger partial charge in [0.2, 0.25) is 0 Å². The van der Waals surface area contributed by atoms with Gasteiger partial charge in [-0.2, -0.15) is 0 Å². The molecule has 1 aliphatic carbocycles. The van der Waals surface area contributed by atoms with Gasteiger partial charge >= 0.3 is 5.97 Å². The van der Waals surface area contributed by atoms with E-state index in [9.17, 15) is 4.79 Å². The third-order valence-corrected chi connectivity index (χ3v) is 3.69. The monoisotopic (exact) mass is 199 g/mol. The normalized spacial score (nSPS) is 21.5. The predicted molar refractivity (Wildman–Crippen MR) is 55.7 cm³/mol. The fraction of sp³-hybridized carbons (Fsp3) is 0.909. The number of methoxy groups -OCH3 is 1. The van der Waals surface area contributed by atoms with E-state index >= 15 is 0 Å². The Morgan fingerprint density at radius 3 is 2.21 bits per heavy atom. The highest BCUT2D eigenvalue weighted by Gasteiger charge is 2.50. The van der Waals surface area contributed by atoms with Crippen molar-refractivity contribution in [2.45, 2.75) is 45.6 Å². The minimum Gasteiger partial charge on any atom is -0.469 e. The largest absolute Gasteiger partial charge is 0.469 e. The standard InChI is InChI=1S/C11H21NO2/c1-10(2,12)11(3,8-5-6-8)7-9(13)14-4/h8H,5-7,12H2,1-4H3. The molecule has 1 rings (SSSR count). The molecule has 2 N–H and O–H groups in total. The molecular formula is C11H21NO2. The average Bonchev–Trinajstić information content (AvgIpc) is 2.84. The molecule has 3 heteroatoms. The Morgan fingerprint density at radius 2 is 1.93 bits per heavy atom. The summed E-state index contributed by atoms with van der Waals surface area (Å²) in [7, 11) is 1.43. The van der Waals surface area contributed by atoms with E-state index in [1.807, 2.05) is 13.8 Å². The second-order valence-electron chi connectivity index (χ2n) is 5.17. The Morgan fingerprint density at radius 1 is 1.43 bits per heavy atom. The summed E-state index contributed by atoms with van der Waals surface area (Å²) >= 11 is 0. The molecule has 0 saturated heterocycles. The summed E-state index contributed by atoms with van der Waals surface area (Å²) in [5.74, 6) is 0.430. The van der Waals surface area contributed by atoms with E-state index in [1.54, 1.807) is 0 Å². The lowest BCUT2D eigenvalue weighted by Crippen LogP contribution is -2.51. The van der Waals surface area contributed by atoms with Crippen LogP contribution in [0.3, 0.4) is 0 Å². The Bertz CT molecular complexity index is 228. The Kier molecular flexibility index (Phi) is 2.91. The summed E-state index contributed by atoms with van der Waals surface area (Å²) in [6.07, 6.45) is 2.81. The molecule has 1 saturated carbocycles. The molecule has 3 nitrogen and oxygen atoms in total. The molecule has 1 fully saturated rings. The lowest BCUT2D eigenvalue weighted by molar-refractivity contribution is -0.144. The van der Waals surface area contributed by atoms with Crippen molar-refractivity contribution in [2.24, 2.45) is 17.1 Å². The molecule has 1 aliphatic rings. The first-order valence-corrected chi connectivity index (χ1v) is 5.17. The zero-order valence-corrected chi connectivity index (χ0v) is 9.59. The lowest BCUT2D eigenvalue weighted by atomic mass is 9.67. The van der Waals surface area contributed by atoms with Crippen molar-refractivity contribution in [3.8, 4) is 0 Å². The zero-order chi connectivity index (χ0) is 11.0. The number of ether oxygens (including phenoxy) is 1. The van der Waals surface area contributed by atoms with Gasteiger partial charge in [-0.15, -0.1) is 0 Å². The molecule has 0 heterocycles. The van der Waals surface area contributed by atoms with Crippen LogP contribution < -0.4 is 5.73 Å². The van der Waals surface area contributed by atoms with E-state index in [1.165, 1.54) is 20.0 Å². The van der Waals surface area contributed by atoms with Crippen LogP contribution in [0.1, 0.15) is 40.0 Å². The number of carbonyl (C=O) groups excluding carboxylic acids is 1. The first-order chi connectivity index (χ1) is 6.31. The van der Waals surface area contributed by atoms with Crippen LogP contribution in [0.2, 0.25) is 0 Å². The van der Waals surface area contributed by atoms with Crippen LogP contribution >= 0.6 is 0 Å². The molecule has 0 bridgehead atoms. The molecule has 0 aromatic carbocycles. The SMILES string of the molecule is COC(=O)CC(C)(C1CC1)C(C)(C)N. The third-order valence-electron chi connectivity index (χ3n) is 3.69. The molecule has 0 aliphatic heterocycles. The summed E-state index contributed by atoms with van der Waals surface area (Å²) in [4.78, 5) is 11.3. The molecular weight excluding hydrogens is 178 g/mol. The van der Waals surface area contributed by atoms with Gasteiger partial charge in [0.15, 0.2) is 0 Å². The number of hydrogen-bond donors (Lipinski definition) is 1. The topological polar surface area (TPSA) is 52.3 Å². The lowest BCUT2D eigenvalue weighted by Gasteiger charge is -2.41. The second-order valence-corrected chi connectivity index (χ2v) is 5.17. The third kappa shape index (κ3) is 2.08. The van der Waals surface area contributed by atoms with Crippen molar-refractivity contribution < 1.29 is 9.53 Å². The van der Waals surface area contributed by atoms with E-state index < -0.39 is 0 Å². The highest BCUT2D eigenvalue weighted by molar-refractivity contribution is 5.70. The van der Waals surface area contributed by atoms with Crippen molar-refractivity contribution in [2.75, 3.05) is 7.11 Å². The Balaban J connectivity index is 2.76. The number of carbonyl (C=O) groups is 1. The van der Waals surface area contributed by atoms with Crippen LogP contribution in [-0.4, -0.2) is 18.6 Å². The van der Waals surface area contributed by atoms with Crippen LogP contribution in [-0.2, 0) is 9.53 Å². The highest BCUT2D eigenvalue weighted by atomic mass is 16.5. The number of rotatable bonds is 4. The maximum Gasteiger partial charge on any atom is 0.306 e. The molecule has 0 aromatic rings. The van der Waals surface area contributed by atoms with Crippen LogP contribution in [0.15, 0.2) is 0 Å². The minimum atomic E-state index is -0.331. The van der Waals surface area contributed by atoms with Gasteiger partial charge in [-0.05, 0) is 38.0 Å². The quantitative estimate of drug-likeness (QED) is 0.701. The summed E-state index contributed by atoms with van der Waals surface area (Å²) in [5, 5.41) is 0.